The van der Waals surface area contributed by atoms with Crippen LogP contribution in [0, 0.1) is 0 Å². The van der Waals surface area contributed by atoms with Gasteiger partial charge in [-0.3, -0.25) is 4.79 Å². The van der Waals surface area contributed by atoms with E-state index in [0.29, 0.717) is 37.6 Å². The van der Waals surface area contributed by atoms with Gasteiger partial charge in [-0.1, -0.05) is 12.1 Å². The molecule has 1 aromatic heterocycles. The number of para-hydroxylation sites is 1. The Morgan fingerprint density at radius 2 is 1.75 bits per heavy atom. The summed E-state index contributed by atoms with van der Waals surface area (Å²) in [4.78, 5) is 28.2. The summed E-state index contributed by atoms with van der Waals surface area (Å²) in [6, 6.07) is 9.29. The first-order valence-electron chi connectivity index (χ1n) is 9.59. The molecule has 28 heavy (non-hydrogen) atoms. The zero-order chi connectivity index (χ0) is 19.3. The zero-order valence-electron chi connectivity index (χ0n) is 16.1. The van der Waals surface area contributed by atoms with Crippen LogP contribution in [0.3, 0.4) is 0 Å². The van der Waals surface area contributed by atoms with Crippen molar-refractivity contribution < 1.29 is 14.3 Å². The number of piperazine rings is 1. The number of benzene rings is 1. The number of morpholine rings is 1. The predicted molar refractivity (Wildman–Crippen MR) is 106 cm³/mol. The normalized spacial score (nSPS) is 17.5. The summed E-state index contributed by atoms with van der Waals surface area (Å²) in [6.07, 6.45) is 1.81. The lowest BCUT2D eigenvalue weighted by atomic mass is 10.1. The molecule has 0 radical (unpaired) electrons. The van der Waals surface area contributed by atoms with Crippen molar-refractivity contribution >= 4 is 17.7 Å². The Morgan fingerprint density at radius 1 is 1.00 bits per heavy atom. The molecule has 2 aromatic rings. The standard InChI is InChI=1S/C20H25N5O3/c1-27-17-5-3-2-4-16(17)19(26)24-10-8-23(9-11-24)18-6-7-21-20(22-18)25-12-14-28-15-13-25/h2-7H,8-15H2,1H3. The van der Waals surface area contributed by atoms with Crippen LogP contribution >= 0.6 is 0 Å². The van der Waals surface area contributed by atoms with Gasteiger partial charge in [-0.2, -0.15) is 4.98 Å². The van der Waals surface area contributed by atoms with Gasteiger partial charge in [0, 0.05) is 45.5 Å². The van der Waals surface area contributed by atoms with Gasteiger partial charge in [-0.15, -0.1) is 0 Å². The van der Waals surface area contributed by atoms with Crippen molar-refractivity contribution in [1.29, 1.82) is 0 Å². The van der Waals surface area contributed by atoms with Crippen LogP contribution in [0.5, 0.6) is 5.75 Å². The highest BCUT2D eigenvalue weighted by Crippen LogP contribution is 2.22. The van der Waals surface area contributed by atoms with E-state index < -0.39 is 0 Å². The monoisotopic (exact) mass is 383 g/mol. The summed E-state index contributed by atoms with van der Waals surface area (Å²) in [6.45, 7) is 5.80. The molecule has 0 bridgehead atoms. The van der Waals surface area contributed by atoms with Crippen molar-refractivity contribution in [1.82, 2.24) is 14.9 Å². The first kappa shape index (κ1) is 18.5. The lowest BCUT2D eigenvalue weighted by molar-refractivity contribution is 0.0743. The Bertz CT molecular complexity index is 817. The fourth-order valence-electron chi connectivity index (χ4n) is 3.56. The molecule has 0 atom stereocenters. The third kappa shape index (κ3) is 3.87. The number of carbonyl (C=O) groups excluding carboxylic acids is 1. The smallest absolute Gasteiger partial charge is 0.257 e. The van der Waals surface area contributed by atoms with E-state index in [0.717, 1.165) is 37.9 Å². The minimum Gasteiger partial charge on any atom is -0.496 e. The third-order valence-corrected chi connectivity index (χ3v) is 5.15. The van der Waals surface area contributed by atoms with Gasteiger partial charge < -0.3 is 24.2 Å². The summed E-state index contributed by atoms with van der Waals surface area (Å²) >= 11 is 0. The molecule has 0 unspecified atom stereocenters. The van der Waals surface area contributed by atoms with E-state index >= 15 is 0 Å². The van der Waals surface area contributed by atoms with Gasteiger partial charge in [-0.25, -0.2) is 4.98 Å². The van der Waals surface area contributed by atoms with Crippen LogP contribution in [0.15, 0.2) is 36.5 Å². The van der Waals surface area contributed by atoms with E-state index in [-0.39, 0.29) is 5.91 Å². The minimum atomic E-state index is 0.00814. The lowest BCUT2D eigenvalue weighted by Crippen LogP contribution is -2.49. The average molecular weight is 383 g/mol. The van der Waals surface area contributed by atoms with Crippen LogP contribution in [-0.2, 0) is 4.74 Å². The Kier molecular flexibility index (Phi) is 5.57. The molecule has 3 heterocycles. The number of nitrogens with zero attached hydrogens (tertiary/aromatic N) is 5. The molecular weight excluding hydrogens is 358 g/mol. The van der Waals surface area contributed by atoms with Crippen LogP contribution in [0.4, 0.5) is 11.8 Å². The summed E-state index contributed by atoms with van der Waals surface area (Å²) in [5.41, 5.74) is 0.607. The molecule has 148 valence electrons. The number of hydrogen-bond donors (Lipinski definition) is 0. The van der Waals surface area contributed by atoms with E-state index in [1.54, 1.807) is 13.3 Å². The average Bonchev–Trinajstić information content (AvgIpc) is 2.79. The number of rotatable bonds is 4. The van der Waals surface area contributed by atoms with Gasteiger partial charge in [0.15, 0.2) is 0 Å². The highest BCUT2D eigenvalue weighted by atomic mass is 16.5. The molecule has 1 aromatic carbocycles. The quantitative estimate of drug-likeness (QED) is 0.788. The molecule has 0 N–H and O–H groups in total. The molecule has 2 aliphatic heterocycles. The second-order valence-corrected chi connectivity index (χ2v) is 6.79. The van der Waals surface area contributed by atoms with E-state index in [1.165, 1.54) is 0 Å². The van der Waals surface area contributed by atoms with Gasteiger partial charge >= 0.3 is 0 Å². The number of anilines is 2. The van der Waals surface area contributed by atoms with Gasteiger partial charge in [-0.05, 0) is 18.2 Å². The first-order chi connectivity index (χ1) is 13.8. The van der Waals surface area contributed by atoms with Gasteiger partial charge in [0.2, 0.25) is 5.95 Å². The SMILES string of the molecule is COc1ccccc1C(=O)N1CCN(c2ccnc(N3CCOCC3)n2)CC1. The van der Waals surface area contributed by atoms with E-state index in [4.69, 9.17) is 14.5 Å². The van der Waals surface area contributed by atoms with Crippen LogP contribution < -0.4 is 14.5 Å². The summed E-state index contributed by atoms with van der Waals surface area (Å²) in [7, 11) is 1.59. The van der Waals surface area contributed by atoms with Crippen LogP contribution in [-0.4, -0.2) is 80.4 Å². The lowest BCUT2D eigenvalue weighted by Gasteiger charge is -2.36. The van der Waals surface area contributed by atoms with E-state index in [2.05, 4.69) is 14.8 Å². The van der Waals surface area contributed by atoms with Gasteiger partial charge in [0.25, 0.3) is 5.91 Å². The van der Waals surface area contributed by atoms with Crippen molar-refractivity contribution in [2.45, 2.75) is 0 Å². The maximum Gasteiger partial charge on any atom is 0.257 e. The largest absolute Gasteiger partial charge is 0.496 e. The fraction of sp³-hybridized carbons (Fsp3) is 0.450. The molecule has 0 aliphatic carbocycles. The molecule has 1 amide bonds. The molecule has 2 saturated heterocycles. The van der Waals surface area contributed by atoms with Crippen LogP contribution in [0.1, 0.15) is 10.4 Å². The van der Waals surface area contributed by atoms with Crippen LogP contribution in [0.2, 0.25) is 0 Å². The topological polar surface area (TPSA) is 71.0 Å². The Morgan fingerprint density at radius 3 is 2.50 bits per heavy atom. The fourth-order valence-corrected chi connectivity index (χ4v) is 3.56. The second kappa shape index (κ2) is 8.43. The summed E-state index contributed by atoms with van der Waals surface area (Å²) < 4.78 is 10.7. The van der Waals surface area contributed by atoms with Crippen LogP contribution in [0.25, 0.3) is 0 Å². The predicted octanol–water partition coefficient (Wildman–Crippen LogP) is 1.28. The number of carbonyl (C=O) groups is 1. The van der Waals surface area contributed by atoms with Crippen molar-refractivity contribution in [2.75, 3.05) is 69.4 Å². The van der Waals surface area contributed by atoms with Crippen molar-refractivity contribution in [3.05, 3.63) is 42.1 Å². The van der Waals surface area contributed by atoms with Crippen molar-refractivity contribution in [3.63, 3.8) is 0 Å². The van der Waals surface area contributed by atoms with Gasteiger partial charge in [0.1, 0.15) is 11.6 Å². The highest BCUT2D eigenvalue weighted by molar-refractivity contribution is 5.97. The summed E-state index contributed by atoms with van der Waals surface area (Å²) in [5.74, 6) is 2.27. The number of ether oxygens (including phenoxy) is 2. The molecule has 0 spiro atoms. The summed E-state index contributed by atoms with van der Waals surface area (Å²) in [5, 5.41) is 0. The second-order valence-electron chi connectivity index (χ2n) is 6.79. The van der Waals surface area contributed by atoms with Crippen molar-refractivity contribution in [2.24, 2.45) is 0 Å². The number of hydrogen-bond acceptors (Lipinski definition) is 7. The molecule has 2 aliphatic rings. The minimum absolute atomic E-state index is 0.00814. The Balaban J connectivity index is 1.41. The number of aromatic nitrogens is 2. The number of methoxy groups -OCH3 is 1. The highest BCUT2D eigenvalue weighted by Gasteiger charge is 2.25. The van der Waals surface area contributed by atoms with E-state index in [1.807, 2.05) is 35.2 Å². The molecular formula is C20H25N5O3. The molecule has 4 rings (SSSR count). The molecule has 2 fully saturated rings. The maximum atomic E-state index is 12.9. The Hall–Kier alpha value is -2.87. The maximum absolute atomic E-state index is 12.9. The molecule has 0 saturated carbocycles. The zero-order valence-corrected chi connectivity index (χ0v) is 16.1. The molecule has 8 nitrogen and oxygen atoms in total. The Labute approximate surface area is 164 Å². The van der Waals surface area contributed by atoms with Gasteiger partial charge in [0.05, 0.1) is 25.9 Å². The van der Waals surface area contributed by atoms with E-state index in [9.17, 15) is 4.79 Å². The number of amides is 1. The first-order valence-corrected chi connectivity index (χ1v) is 9.59. The van der Waals surface area contributed by atoms with Crippen molar-refractivity contribution in [3.8, 4) is 5.75 Å². The molecule has 8 heteroatoms. The third-order valence-electron chi connectivity index (χ3n) is 5.15.